The molecule has 174 valence electrons. The van der Waals surface area contributed by atoms with Crippen molar-refractivity contribution < 1.29 is 31.1 Å². The van der Waals surface area contributed by atoms with Crippen LogP contribution in [0.25, 0.3) is 0 Å². The first-order valence-electron chi connectivity index (χ1n) is 9.43. The van der Waals surface area contributed by atoms with E-state index in [-0.39, 0.29) is 22.8 Å². The highest BCUT2D eigenvalue weighted by Crippen LogP contribution is 2.31. The van der Waals surface area contributed by atoms with Gasteiger partial charge >= 0.3 is 12.1 Å². The fourth-order valence-corrected chi connectivity index (χ4v) is 4.73. The van der Waals surface area contributed by atoms with E-state index in [4.69, 9.17) is 11.6 Å². The van der Waals surface area contributed by atoms with Crippen LogP contribution in [0.2, 0.25) is 5.02 Å². The summed E-state index contributed by atoms with van der Waals surface area (Å²) >= 11 is 5.95. The predicted molar refractivity (Wildman–Crippen MR) is 117 cm³/mol. The second-order valence-corrected chi connectivity index (χ2v) is 9.32. The zero-order chi connectivity index (χ0) is 24.4. The number of halogens is 4. The minimum atomic E-state index is -4.51. The molecule has 0 aliphatic rings. The van der Waals surface area contributed by atoms with Crippen LogP contribution in [0.4, 0.5) is 19.0 Å². The molecule has 0 aliphatic heterocycles. The summed E-state index contributed by atoms with van der Waals surface area (Å²) in [6.07, 6.45) is -3.24. The standard InChI is InChI=1S/C22H18ClF3N2O4S/c1-14-11-18(23)12-27-20(14)28(13-15-3-7-17(8-4-15)22(24,25)26)33(30,31)19-9-5-16(6-10-19)21(29)32-2/h3-12H,13H2,1-2H3. The number of rotatable bonds is 6. The Hall–Kier alpha value is -3.11. The third-order valence-electron chi connectivity index (χ3n) is 4.72. The van der Waals surface area contributed by atoms with E-state index in [1.807, 2.05) is 0 Å². The SMILES string of the molecule is COC(=O)c1ccc(S(=O)(=O)N(Cc2ccc(C(F)(F)F)cc2)c2ncc(Cl)cc2C)cc1. The molecule has 0 fully saturated rings. The summed E-state index contributed by atoms with van der Waals surface area (Å²) in [6, 6.07) is 10.8. The molecule has 0 aliphatic carbocycles. The Labute approximate surface area is 193 Å². The molecule has 6 nitrogen and oxygen atoms in total. The summed E-state index contributed by atoms with van der Waals surface area (Å²) in [5.41, 5.74) is 0.0736. The van der Waals surface area contributed by atoms with Crippen LogP contribution in [0, 0.1) is 6.92 Å². The highest BCUT2D eigenvalue weighted by atomic mass is 35.5. The average molecular weight is 499 g/mol. The Morgan fingerprint density at radius 3 is 2.21 bits per heavy atom. The van der Waals surface area contributed by atoms with Crippen LogP contribution < -0.4 is 4.31 Å². The number of carbonyl (C=O) groups excluding carboxylic acids is 1. The Morgan fingerprint density at radius 2 is 1.70 bits per heavy atom. The average Bonchev–Trinajstić information content (AvgIpc) is 2.77. The summed E-state index contributed by atoms with van der Waals surface area (Å²) < 4.78 is 71.3. The van der Waals surface area contributed by atoms with Gasteiger partial charge in [-0.2, -0.15) is 13.2 Å². The molecule has 0 spiro atoms. The Balaban J connectivity index is 2.05. The molecule has 0 saturated carbocycles. The number of sulfonamides is 1. The first kappa shape index (κ1) is 24.5. The number of esters is 1. The van der Waals surface area contributed by atoms with E-state index in [1.54, 1.807) is 6.92 Å². The minimum Gasteiger partial charge on any atom is -0.465 e. The van der Waals surface area contributed by atoms with Crippen molar-refractivity contribution in [3.8, 4) is 0 Å². The maximum absolute atomic E-state index is 13.5. The first-order chi connectivity index (χ1) is 15.4. The third kappa shape index (κ3) is 5.45. The predicted octanol–water partition coefficient (Wildman–Crippen LogP) is 5.24. The number of hydrogen-bond donors (Lipinski definition) is 0. The van der Waals surface area contributed by atoms with E-state index in [9.17, 15) is 26.4 Å². The van der Waals surface area contributed by atoms with Gasteiger partial charge in [-0.25, -0.2) is 22.5 Å². The van der Waals surface area contributed by atoms with Crippen LogP contribution in [0.3, 0.4) is 0 Å². The molecule has 3 aromatic rings. The van der Waals surface area contributed by atoms with Gasteiger partial charge in [0.2, 0.25) is 0 Å². The fraction of sp³-hybridized carbons (Fsp3) is 0.182. The van der Waals surface area contributed by atoms with Gasteiger partial charge in [0.1, 0.15) is 5.82 Å². The lowest BCUT2D eigenvalue weighted by Gasteiger charge is -2.25. The van der Waals surface area contributed by atoms with Crippen molar-refractivity contribution in [2.24, 2.45) is 0 Å². The largest absolute Gasteiger partial charge is 0.465 e. The molecule has 1 aromatic heterocycles. The summed E-state index contributed by atoms with van der Waals surface area (Å²) in [6.45, 7) is 1.33. The molecule has 0 atom stereocenters. The van der Waals surface area contributed by atoms with E-state index in [0.717, 1.165) is 16.4 Å². The monoisotopic (exact) mass is 498 g/mol. The van der Waals surface area contributed by atoms with Gasteiger partial charge in [-0.3, -0.25) is 0 Å². The molecular weight excluding hydrogens is 481 g/mol. The van der Waals surface area contributed by atoms with Crippen LogP contribution in [-0.2, 0) is 27.5 Å². The van der Waals surface area contributed by atoms with Crippen molar-refractivity contribution >= 4 is 33.4 Å². The van der Waals surface area contributed by atoms with Crippen molar-refractivity contribution in [1.29, 1.82) is 0 Å². The third-order valence-corrected chi connectivity index (χ3v) is 6.68. The topological polar surface area (TPSA) is 76.6 Å². The normalized spacial score (nSPS) is 11.8. The summed E-state index contributed by atoms with van der Waals surface area (Å²) in [7, 11) is -3.02. The fourth-order valence-electron chi connectivity index (χ4n) is 3.04. The molecule has 0 bridgehead atoms. The minimum absolute atomic E-state index is 0.0661. The molecule has 3 rings (SSSR count). The summed E-state index contributed by atoms with van der Waals surface area (Å²) in [5.74, 6) is -0.563. The number of carbonyl (C=O) groups is 1. The zero-order valence-electron chi connectivity index (χ0n) is 17.4. The second-order valence-electron chi connectivity index (χ2n) is 7.02. The number of methoxy groups -OCH3 is 1. The Bertz CT molecular complexity index is 1260. The number of aromatic nitrogens is 1. The van der Waals surface area contributed by atoms with Crippen molar-refractivity contribution in [2.45, 2.75) is 24.5 Å². The van der Waals surface area contributed by atoms with E-state index >= 15 is 0 Å². The van der Waals surface area contributed by atoms with Crippen LogP contribution in [0.15, 0.2) is 65.7 Å². The molecule has 33 heavy (non-hydrogen) atoms. The van der Waals surface area contributed by atoms with Gasteiger partial charge in [-0.1, -0.05) is 23.7 Å². The maximum atomic E-state index is 13.5. The van der Waals surface area contributed by atoms with Gasteiger partial charge in [-0.05, 0) is 60.5 Å². The van der Waals surface area contributed by atoms with Crippen molar-refractivity contribution in [3.63, 3.8) is 0 Å². The molecule has 0 unspecified atom stereocenters. The van der Waals surface area contributed by atoms with Gasteiger partial charge in [0.05, 0.1) is 34.7 Å². The van der Waals surface area contributed by atoms with Crippen LogP contribution >= 0.6 is 11.6 Å². The molecule has 1 heterocycles. The number of alkyl halides is 3. The van der Waals surface area contributed by atoms with Crippen molar-refractivity contribution in [2.75, 3.05) is 11.4 Å². The second kappa shape index (κ2) is 9.40. The highest BCUT2D eigenvalue weighted by molar-refractivity contribution is 7.92. The quantitative estimate of drug-likeness (QED) is 0.434. The molecule has 0 radical (unpaired) electrons. The number of hydrogen-bond acceptors (Lipinski definition) is 5. The number of benzene rings is 2. The number of pyridine rings is 1. The van der Waals surface area contributed by atoms with Crippen molar-refractivity contribution in [3.05, 3.63) is 88.1 Å². The number of aryl methyl sites for hydroxylation is 1. The highest BCUT2D eigenvalue weighted by Gasteiger charge is 2.31. The molecular formula is C22H18ClF3N2O4S. The lowest BCUT2D eigenvalue weighted by molar-refractivity contribution is -0.137. The van der Waals surface area contributed by atoms with Gasteiger partial charge in [0.15, 0.2) is 0 Å². The van der Waals surface area contributed by atoms with Crippen molar-refractivity contribution in [1.82, 2.24) is 4.98 Å². The van der Waals surface area contributed by atoms with Crippen LogP contribution in [-0.4, -0.2) is 26.5 Å². The molecule has 0 N–H and O–H groups in total. The van der Waals surface area contributed by atoms with Gasteiger partial charge in [0, 0.05) is 6.20 Å². The lowest BCUT2D eigenvalue weighted by Crippen LogP contribution is -2.32. The molecule has 0 amide bonds. The molecule has 2 aromatic carbocycles. The first-order valence-corrected chi connectivity index (χ1v) is 11.2. The van der Waals surface area contributed by atoms with Crippen LogP contribution in [0.5, 0.6) is 0 Å². The van der Waals surface area contributed by atoms with E-state index in [1.165, 1.54) is 55.8 Å². The van der Waals surface area contributed by atoms with Crippen LogP contribution in [0.1, 0.15) is 27.0 Å². The molecule has 11 heteroatoms. The maximum Gasteiger partial charge on any atom is 0.416 e. The Morgan fingerprint density at radius 1 is 1.09 bits per heavy atom. The van der Waals surface area contributed by atoms with Gasteiger partial charge < -0.3 is 4.74 Å². The number of ether oxygens (including phenoxy) is 1. The smallest absolute Gasteiger partial charge is 0.416 e. The number of nitrogens with zero attached hydrogens (tertiary/aromatic N) is 2. The summed E-state index contributed by atoms with van der Waals surface area (Å²) in [5, 5.41) is 0.297. The lowest BCUT2D eigenvalue weighted by atomic mass is 10.1. The van der Waals surface area contributed by atoms with Gasteiger partial charge in [-0.15, -0.1) is 0 Å². The zero-order valence-corrected chi connectivity index (χ0v) is 19.0. The van der Waals surface area contributed by atoms with E-state index in [2.05, 4.69) is 9.72 Å². The summed E-state index contributed by atoms with van der Waals surface area (Å²) in [4.78, 5) is 15.7. The molecule has 0 saturated heterocycles. The van der Waals surface area contributed by atoms with Gasteiger partial charge in [0.25, 0.3) is 10.0 Å². The van der Waals surface area contributed by atoms with E-state index < -0.39 is 27.7 Å². The number of anilines is 1. The Kier molecular flexibility index (Phi) is 6.99. The van der Waals surface area contributed by atoms with E-state index in [0.29, 0.717) is 16.1 Å².